The van der Waals surface area contributed by atoms with E-state index in [1.807, 2.05) is 36.9 Å². The van der Waals surface area contributed by atoms with E-state index in [0.717, 1.165) is 33.4 Å². The van der Waals surface area contributed by atoms with Gasteiger partial charge in [-0.25, -0.2) is 4.98 Å². The molecule has 3 aromatic rings. The molecule has 3 rings (SSSR count). The summed E-state index contributed by atoms with van der Waals surface area (Å²) in [4.78, 5) is 17.9. The predicted octanol–water partition coefficient (Wildman–Crippen LogP) is 2.67. The molecule has 120 valence electrons. The molecular formula is C16H19N5OS. The minimum Gasteiger partial charge on any atom is -0.349 e. The molecule has 2 N–H and O–H groups in total. The largest absolute Gasteiger partial charge is 0.349 e. The normalized spacial score (nSPS) is 10.9. The van der Waals surface area contributed by atoms with Gasteiger partial charge in [0.05, 0.1) is 22.9 Å². The second kappa shape index (κ2) is 6.37. The van der Waals surface area contributed by atoms with Gasteiger partial charge in [-0.1, -0.05) is 6.92 Å². The molecule has 0 unspecified atom stereocenters. The maximum atomic E-state index is 12.3. The van der Waals surface area contributed by atoms with Crippen LogP contribution >= 0.6 is 11.3 Å². The minimum atomic E-state index is -0.161. The molecule has 0 aromatic carbocycles. The number of H-pyrrole nitrogens is 1. The maximum absolute atomic E-state index is 12.3. The van der Waals surface area contributed by atoms with Crippen LogP contribution in [0.2, 0.25) is 0 Å². The molecule has 0 saturated carbocycles. The second-order valence-electron chi connectivity index (χ2n) is 5.31. The highest BCUT2D eigenvalue weighted by molar-refractivity contribution is 7.11. The van der Waals surface area contributed by atoms with E-state index in [0.29, 0.717) is 12.2 Å². The van der Waals surface area contributed by atoms with Gasteiger partial charge < -0.3 is 9.88 Å². The Hall–Kier alpha value is -2.41. The van der Waals surface area contributed by atoms with Crippen molar-refractivity contribution < 1.29 is 4.79 Å². The molecular weight excluding hydrogens is 310 g/mol. The molecule has 3 aromatic heterocycles. The number of carbonyl (C=O) groups is 1. The van der Waals surface area contributed by atoms with Crippen LogP contribution in [-0.2, 0) is 20.0 Å². The zero-order valence-corrected chi connectivity index (χ0v) is 14.2. The second-order valence-corrected chi connectivity index (χ2v) is 6.60. The Morgan fingerprint density at radius 1 is 1.48 bits per heavy atom. The van der Waals surface area contributed by atoms with E-state index < -0.39 is 0 Å². The Morgan fingerprint density at radius 3 is 3.00 bits per heavy atom. The highest BCUT2D eigenvalue weighted by atomic mass is 32.1. The number of nitrogens with one attached hydrogen (secondary N) is 2. The van der Waals surface area contributed by atoms with E-state index in [1.165, 1.54) is 0 Å². The summed E-state index contributed by atoms with van der Waals surface area (Å²) in [6, 6.07) is 5.68. The van der Waals surface area contributed by atoms with Crippen LogP contribution in [0.25, 0.3) is 11.4 Å². The number of aromatic nitrogens is 4. The van der Waals surface area contributed by atoms with Crippen molar-refractivity contribution in [2.75, 3.05) is 0 Å². The summed E-state index contributed by atoms with van der Waals surface area (Å²) in [6.07, 6.45) is 2.82. The predicted molar refractivity (Wildman–Crippen MR) is 90.4 cm³/mol. The first kappa shape index (κ1) is 15.5. The van der Waals surface area contributed by atoms with Gasteiger partial charge in [-0.3, -0.25) is 9.89 Å². The Kier molecular flexibility index (Phi) is 4.29. The van der Waals surface area contributed by atoms with E-state index >= 15 is 0 Å². The highest BCUT2D eigenvalue weighted by Crippen LogP contribution is 2.19. The molecule has 0 spiro atoms. The average Bonchev–Trinajstić information content (AvgIpc) is 3.23. The quantitative estimate of drug-likeness (QED) is 0.755. The lowest BCUT2D eigenvalue weighted by Gasteiger charge is -2.02. The van der Waals surface area contributed by atoms with Crippen molar-refractivity contribution in [2.24, 2.45) is 7.05 Å². The molecule has 7 heteroatoms. The average molecular weight is 329 g/mol. The van der Waals surface area contributed by atoms with Crippen LogP contribution in [0.15, 0.2) is 24.4 Å². The first-order chi connectivity index (χ1) is 11.1. The Balaban J connectivity index is 1.69. The van der Waals surface area contributed by atoms with Crippen LogP contribution in [0, 0.1) is 6.92 Å². The molecule has 3 heterocycles. The molecule has 0 bridgehead atoms. The Bertz CT molecular complexity index is 829. The molecule has 1 amide bonds. The fourth-order valence-electron chi connectivity index (χ4n) is 2.48. The number of amides is 1. The summed E-state index contributed by atoms with van der Waals surface area (Å²) in [5.41, 5.74) is 3.24. The molecule has 0 aliphatic rings. The van der Waals surface area contributed by atoms with E-state index in [9.17, 15) is 4.79 Å². The lowest BCUT2D eigenvalue weighted by molar-refractivity contribution is 0.0946. The molecule has 23 heavy (non-hydrogen) atoms. The molecule has 0 saturated heterocycles. The van der Waals surface area contributed by atoms with Gasteiger partial charge in [0, 0.05) is 18.1 Å². The number of thiazole rings is 1. The van der Waals surface area contributed by atoms with Crippen LogP contribution in [0.1, 0.15) is 33.0 Å². The number of aryl methyl sites for hydroxylation is 3. The standard InChI is InChI=1S/C16H19N5OS/c1-4-11-15(23-10(2)18-11)9-17-16(22)13-8-12(19-20-13)14-6-5-7-21(14)3/h5-8H,4,9H2,1-3H3,(H,17,22)(H,19,20). The Morgan fingerprint density at radius 2 is 2.30 bits per heavy atom. The minimum absolute atomic E-state index is 0.161. The SMILES string of the molecule is CCc1nc(C)sc1CNC(=O)c1cc(-c2cccn2C)n[nH]1. The molecule has 0 atom stereocenters. The summed E-state index contributed by atoms with van der Waals surface area (Å²) in [7, 11) is 1.95. The first-order valence-electron chi connectivity index (χ1n) is 7.49. The zero-order chi connectivity index (χ0) is 16.4. The van der Waals surface area contributed by atoms with Crippen molar-refractivity contribution in [3.8, 4) is 11.4 Å². The fourth-order valence-corrected chi connectivity index (χ4v) is 3.44. The van der Waals surface area contributed by atoms with Gasteiger partial charge in [-0.2, -0.15) is 5.10 Å². The zero-order valence-electron chi connectivity index (χ0n) is 13.4. The van der Waals surface area contributed by atoms with Crippen LogP contribution in [0.4, 0.5) is 0 Å². The van der Waals surface area contributed by atoms with Gasteiger partial charge in [-0.15, -0.1) is 11.3 Å². The summed E-state index contributed by atoms with van der Waals surface area (Å²) >= 11 is 1.63. The fraction of sp³-hybridized carbons (Fsp3) is 0.312. The summed E-state index contributed by atoms with van der Waals surface area (Å²) in [5, 5.41) is 11.0. The lowest BCUT2D eigenvalue weighted by Crippen LogP contribution is -2.23. The van der Waals surface area contributed by atoms with E-state index in [-0.39, 0.29) is 5.91 Å². The van der Waals surface area contributed by atoms with Gasteiger partial charge in [-0.05, 0) is 31.5 Å². The van der Waals surface area contributed by atoms with Crippen molar-refractivity contribution in [2.45, 2.75) is 26.8 Å². The molecule has 0 aliphatic heterocycles. The third-order valence-corrected chi connectivity index (χ3v) is 4.67. The van der Waals surface area contributed by atoms with Crippen molar-refractivity contribution in [1.82, 2.24) is 25.1 Å². The van der Waals surface area contributed by atoms with E-state index in [4.69, 9.17) is 0 Å². The number of rotatable bonds is 5. The van der Waals surface area contributed by atoms with Crippen LogP contribution in [0.5, 0.6) is 0 Å². The van der Waals surface area contributed by atoms with Crippen LogP contribution < -0.4 is 5.32 Å². The molecule has 0 fully saturated rings. The van der Waals surface area contributed by atoms with Crippen molar-refractivity contribution in [3.05, 3.63) is 45.7 Å². The molecule has 0 radical (unpaired) electrons. The Labute approximate surface area is 138 Å². The van der Waals surface area contributed by atoms with Crippen LogP contribution in [-0.4, -0.2) is 25.7 Å². The third-order valence-electron chi connectivity index (χ3n) is 3.66. The van der Waals surface area contributed by atoms with Crippen molar-refractivity contribution >= 4 is 17.2 Å². The van der Waals surface area contributed by atoms with Gasteiger partial charge in [0.15, 0.2) is 0 Å². The van der Waals surface area contributed by atoms with Crippen molar-refractivity contribution in [1.29, 1.82) is 0 Å². The smallest absolute Gasteiger partial charge is 0.269 e. The monoisotopic (exact) mass is 329 g/mol. The highest BCUT2D eigenvalue weighted by Gasteiger charge is 2.14. The van der Waals surface area contributed by atoms with Gasteiger partial charge in [0.1, 0.15) is 11.4 Å². The topological polar surface area (TPSA) is 75.6 Å². The van der Waals surface area contributed by atoms with Crippen LogP contribution in [0.3, 0.4) is 0 Å². The summed E-state index contributed by atoms with van der Waals surface area (Å²) in [5.74, 6) is -0.161. The number of hydrogen-bond donors (Lipinski definition) is 2. The van der Waals surface area contributed by atoms with Gasteiger partial charge in [0.2, 0.25) is 0 Å². The third kappa shape index (κ3) is 3.19. The van der Waals surface area contributed by atoms with Crippen molar-refractivity contribution in [3.63, 3.8) is 0 Å². The summed E-state index contributed by atoms with van der Waals surface area (Å²) < 4.78 is 1.96. The number of carbonyl (C=O) groups excluding carboxylic acids is 1. The summed E-state index contributed by atoms with van der Waals surface area (Å²) in [6.45, 7) is 4.54. The van der Waals surface area contributed by atoms with Gasteiger partial charge in [0.25, 0.3) is 5.91 Å². The van der Waals surface area contributed by atoms with Gasteiger partial charge >= 0.3 is 0 Å². The number of aromatic amines is 1. The lowest BCUT2D eigenvalue weighted by atomic mass is 10.2. The number of hydrogen-bond acceptors (Lipinski definition) is 4. The van der Waals surface area contributed by atoms with E-state index in [1.54, 1.807) is 17.4 Å². The molecule has 0 aliphatic carbocycles. The number of nitrogens with zero attached hydrogens (tertiary/aromatic N) is 3. The maximum Gasteiger partial charge on any atom is 0.269 e. The first-order valence-corrected chi connectivity index (χ1v) is 8.30. The molecule has 6 nitrogen and oxygen atoms in total. The van der Waals surface area contributed by atoms with E-state index in [2.05, 4.69) is 27.4 Å².